The summed E-state index contributed by atoms with van der Waals surface area (Å²) in [6.07, 6.45) is 3.22. The van der Waals surface area contributed by atoms with E-state index in [0.717, 1.165) is 5.56 Å². The molecule has 2 aromatic rings. The predicted molar refractivity (Wildman–Crippen MR) is 96.9 cm³/mol. The van der Waals surface area contributed by atoms with Crippen molar-refractivity contribution in [2.24, 2.45) is 0 Å². The van der Waals surface area contributed by atoms with Gasteiger partial charge in [0.05, 0.1) is 21.3 Å². The number of hydrogen-bond donors (Lipinski definition) is 0. The van der Waals surface area contributed by atoms with Gasteiger partial charge in [0.2, 0.25) is 5.75 Å². The topological polar surface area (TPSA) is 63.2 Å². The van der Waals surface area contributed by atoms with Gasteiger partial charge in [0.15, 0.2) is 28.8 Å². The van der Waals surface area contributed by atoms with Crippen LogP contribution in [0.25, 0.3) is 6.08 Å². The third kappa shape index (κ3) is 3.59. The zero-order valence-corrected chi connectivity index (χ0v) is 14.9. The Morgan fingerprint density at radius 1 is 0.923 bits per heavy atom. The van der Waals surface area contributed by atoms with E-state index in [2.05, 4.69) is 0 Å². The molecule has 26 heavy (non-hydrogen) atoms. The molecule has 1 aliphatic rings. The average molecular weight is 356 g/mol. The van der Waals surface area contributed by atoms with Crippen LogP contribution in [0, 0.1) is 0 Å². The first kappa shape index (κ1) is 17.7. The molecule has 0 aromatic heterocycles. The van der Waals surface area contributed by atoms with Crippen molar-refractivity contribution in [1.82, 2.24) is 0 Å². The highest BCUT2D eigenvalue weighted by Gasteiger charge is 2.16. The fourth-order valence-corrected chi connectivity index (χ4v) is 2.66. The number of allylic oxidation sites excluding steroid dienone is 1. The highest BCUT2D eigenvalue weighted by molar-refractivity contribution is 6.07. The van der Waals surface area contributed by atoms with Crippen LogP contribution >= 0.6 is 0 Å². The van der Waals surface area contributed by atoms with Crippen molar-refractivity contribution >= 4 is 11.9 Å². The van der Waals surface area contributed by atoms with E-state index in [0.29, 0.717) is 47.5 Å². The van der Waals surface area contributed by atoms with Crippen LogP contribution < -0.4 is 23.7 Å². The van der Waals surface area contributed by atoms with Gasteiger partial charge in [0.1, 0.15) is 13.2 Å². The third-order valence-corrected chi connectivity index (χ3v) is 3.94. The summed E-state index contributed by atoms with van der Waals surface area (Å²) in [6, 6.07) is 8.79. The molecule has 1 heterocycles. The molecule has 0 saturated heterocycles. The fourth-order valence-electron chi connectivity index (χ4n) is 2.66. The molecular formula is C20H20O6. The fraction of sp³-hybridized carbons (Fsp3) is 0.250. The number of ether oxygens (including phenoxy) is 5. The van der Waals surface area contributed by atoms with Crippen molar-refractivity contribution in [2.45, 2.75) is 0 Å². The molecule has 0 unspecified atom stereocenters. The van der Waals surface area contributed by atoms with Crippen molar-refractivity contribution in [2.75, 3.05) is 34.5 Å². The van der Waals surface area contributed by atoms with Gasteiger partial charge in [-0.2, -0.15) is 0 Å². The van der Waals surface area contributed by atoms with E-state index in [1.807, 2.05) is 18.2 Å². The van der Waals surface area contributed by atoms with Crippen LogP contribution in [0.1, 0.15) is 15.9 Å². The zero-order chi connectivity index (χ0) is 18.5. The summed E-state index contributed by atoms with van der Waals surface area (Å²) in [6.45, 7) is 1.06. The summed E-state index contributed by atoms with van der Waals surface area (Å²) in [5, 5.41) is 0. The minimum Gasteiger partial charge on any atom is -0.493 e. The number of methoxy groups -OCH3 is 3. The lowest BCUT2D eigenvalue weighted by atomic mass is 10.1. The molecule has 6 nitrogen and oxygen atoms in total. The van der Waals surface area contributed by atoms with Crippen LogP contribution in [0.3, 0.4) is 0 Å². The number of fused-ring (bicyclic) bond motifs is 1. The Kier molecular flexibility index (Phi) is 5.31. The molecule has 0 saturated carbocycles. The highest BCUT2D eigenvalue weighted by atomic mass is 16.6. The van der Waals surface area contributed by atoms with Crippen LogP contribution in [-0.4, -0.2) is 40.3 Å². The summed E-state index contributed by atoms with van der Waals surface area (Å²) in [4.78, 5) is 12.5. The summed E-state index contributed by atoms with van der Waals surface area (Å²) in [5.74, 6) is 2.52. The Morgan fingerprint density at radius 3 is 2.19 bits per heavy atom. The monoisotopic (exact) mass is 356 g/mol. The molecule has 6 heteroatoms. The molecular weight excluding hydrogens is 336 g/mol. The maximum atomic E-state index is 12.5. The standard InChI is InChI=1S/C20H20O6/c1-22-18-11-14(12-19(23-2)20(18)24-3)15(21)6-4-13-5-7-16-17(10-13)26-9-8-25-16/h4-7,10-12H,8-9H2,1-3H3. The minimum atomic E-state index is -0.181. The summed E-state index contributed by atoms with van der Waals surface area (Å²) in [7, 11) is 4.54. The molecule has 0 N–H and O–H groups in total. The second kappa shape index (κ2) is 7.82. The summed E-state index contributed by atoms with van der Waals surface area (Å²) < 4.78 is 26.9. The van der Waals surface area contributed by atoms with Gasteiger partial charge in [0.25, 0.3) is 0 Å². The first-order valence-corrected chi connectivity index (χ1v) is 8.08. The van der Waals surface area contributed by atoms with E-state index in [9.17, 15) is 4.79 Å². The number of hydrogen-bond acceptors (Lipinski definition) is 6. The number of benzene rings is 2. The van der Waals surface area contributed by atoms with E-state index >= 15 is 0 Å². The normalized spacial score (nSPS) is 12.7. The molecule has 0 amide bonds. The first-order chi connectivity index (χ1) is 12.7. The summed E-state index contributed by atoms with van der Waals surface area (Å²) in [5.41, 5.74) is 1.28. The summed E-state index contributed by atoms with van der Waals surface area (Å²) >= 11 is 0. The number of rotatable bonds is 6. The quantitative estimate of drug-likeness (QED) is 0.584. The van der Waals surface area contributed by atoms with E-state index in [1.54, 1.807) is 18.2 Å². The SMILES string of the molecule is COc1cc(C(=O)C=Cc2ccc3c(c2)OCCO3)cc(OC)c1OC. The van der Waals surface area contributed by atoms with Gasteiger partial charge in [-0.05, 0) is 35.9 Å². The molecule has 0 fully saturated rings. The Morgan fingerprint density at radius 2 is 1.58 bits per heavy atom. The van der Waals surface area contributed by atoms with Crippen molar-refractivity contribution in [3.63, 3.8) is 0 Å². The molecule has 2 aromatic carbocycles. The molecule has 0 radical (unpaired) electrons. The van der Waals surface area contributed by atoms with Gasteiger partial charge in [0, 0.05) is 5.56 Å². The molecule has 0 atom stereocenters. The second-order valence-corrected chi connectivity index (χ2v) is 5.51. The molecule has 0 bridgehead atoms. The Hall–Kier alpha value is -3.15. The minimum absolute atomic E-state index is 0.181. The second-order valence-electron chi connectivity index (χ2n) is 5.51. The van der Waals surface area contributed by atoms with Gasteiger partial charge < -0.3 is 23.7 Å². The zero-order valence-electron chi connectivity index (χ0n) is 14.9. The lowest BCUT2D eigenvalue weighted by Gasteiger charge is -2.18. The highest BCUT2D eigenvalue weighted by Crippen LogP contribution is 2.38. The number of carbonyl (C=O) groups excluding carboxylic acids is 1. The van der Waals surface area contributed by atoms with Gasteiger partial charge in [-0.3, -0.25) is 4.79 Å². The number of carbonyl (C=O) groups is 1. The first-order valence-electron chi connectivity index (χ1n) is 8.08. The van der Waals surface area contributed by atoms with Crippen molar-refractivity contribution < 1.29 is 28.5 Å². The van der Waals surface area contributed by atoms with E-state index in [1.165, 1.54) is 27.4 Å². The Labute approximate surface area is 151 Å². The van der Waals surface area contributed by atoms with Crippen LogP contribution in [0.4, 0.5) is 0 Å². The predicted octanol–water partition coefficient (Wildman–Crippen LogP) is 3.38. The van der Waals surface area contributed by atoms with Gasteiger partial charge in [-0.25, -0.2) is 0 Å². The molecule has 0 spiro atoms. The van der Waals surface area contributed by atoms with Crippen LogP contribution in [0.2, 0.25) is 0 Å². The van der Waals surface area contributed by atoms with Gasteiger partial charge >= 0.3 is 0 Å². The van der Waals surface area contributed by atoms with Crippen molar-refractivity contribution in [3.8, 4) is 28.7 Å². The number of ketones is 1. The maximum Gasteiger partial charge on any atom is 0.203 e. The molecule has 136 valence electrons. The molecule has 1 aliphatic heterocycles. The van der Waals surface area contributed by atoms with E-state index < -0.39 is 0 Å². The van der Waals surface area contributed by atoms with Crippen LogP contribution in [0.5, 0.6) is 28.7 Å². The lowest BCUT2D eigenvalue weighted by Crippen LogP contribution is -2.15. The van der Waals surface area contributed by atoms with Crippen LogP contribution in [-0.2, 0) is 0 Å². The lowest BCUT2D eigenvalue weighted by molar-refractivity contribution is 0.104. The van der Waals surface area contributed by atoms with Gasteiger partial charge in [-0.15, -0.1) is 0 Å². The third-order valence-electron chi connectivity index (χ3n) is 3.94. The van der Waals surface area contributed by atoms with Crippen molar-refractivity contribution in [1.29, 1.82) is 0 Å². The Balaban J connectivity index is 1.84. The average Bonchev–Trinajstić information content (AvgIpc) is 2.70. The van der Waals surface area contributed by atoms with E-state index in [4.69, 9.17) is 23.7 Å². The maximum absolute atomic E-state index is 12.5. The Bertz CT molecular complexity index is 815. The largest absolute Gasteiger partial charge is 0.493 e. The van der Waals surface area contributed by atoms with Crippen molar-refractivity contribution in [3.05, 3.63) is 47.5 Å². The molecule has 0 aliphatic carbocycles. The van der Waals surface area contributed by atoms with Gasteiger partial charge in [-0.1, -0.05) is 12.1 Å². The van der Waals surface area contributed by atoms with Crippen LogP contribution in [0.15, 0.2) is 36.4 Å². The van der Waals surface area contributed by atoms with E-state index in [-0.39, 0.29) is 5.78 Å². The smallest absolute Gasteiger partial charge is 0.203 e. The molecule has 3 rings (SSSR count).